The van der Waals surface area contributed by atoms with Crippen molar-refractivity contribution in [3.8, 4) is 0 Å². The highest BCUT2D eigenvalue weighted by molar-refractivity contribution is 7.80. The Labute approximate surface area is 113 Å². The van der Waals surface area contributed by atoms with Crippen LogP contribution in [-0.2, 0) is 4.79 Å². The molecule has 1 aliphatic carbocycles. The highest BCUT2D eigenvalue weighted by atomic mass is 32.1. The fourth-order valence-electron chi connectivity index (χ4n) is 2.25. The van der Waals surface area contributed by atoms with Crippen LogP contribution >= 0.6 is 12.6 Å². The SMILES string of the molecule is Nc1ccc(NC(=O)C2CCC(N)CC2)cc1S. The van der Waals surface area contributed by atoms with Gasteiger partial charge in [0.2, 0.25) is 5.91 Å². The van der Waals surface area contributed by atoms with Gasteiger partial charge in [-0.2, -0.15) is 0 Å². The minimum Gasteiger partial charge on any atom is -0.398 e. The number of carbonyl (C=O) groups excluding carboxylic acids is 1. The maximum atomic E-state index is 12.1. The van der Waals surface area contributed by atoms with E-state index >= 15 is 0 Å². The smallest absolute Gasteiger partial charge is 0.227 e. The third-order valence-electron chi connectivity index (χ3n) is 3.44. The van der Waals surface area contributed by atoms with E-state index in [4.69, 9.17) is 11.5 Å². The first-order valence-electron chi connectivity index (χ1n) is 6.21. The van der Waals surface area contributed by atoms with Gasteiger partial charge in [-0.15, -0.1) is 12.6 Å². The first-order chi connectivity index (χ1) is 8.56. The lowest BCUT2D eigenvalue weighted by atomic mass is 9.86. The zero-order valence-corrected chi connectivity index (χ0v) is 11.1. The van der Waals surface area contributed by atoms with Crippen LogP contribution in [0.4, 0.5) is 11.4 Å². The van der Waals surface area contributed by atoms with E-state index in [1.807, 2.05) is 0 Å². The maximum absolute atomic E-state index is 12.1. The molecule has 5 heteroatoms. The number of nitrogens with two attached hydrogens (primary N) is 2. The summed E-state index contributed by atoms with van der Waals surface area (Å²) in [6.45, 7) is 0. The molecule has 98 valence electrons. The minimum absolute atomic E-state index is 0.0689. The Bertz CT molecular complexity index is 442. The van der Waals surface area contributed by atoms with E-state index in [2.05, 4.69) is 17.9 Å². The van der Waals surface area contributed by atoms with Crippen molar-refractivity contribution in [2.45, 2.75) is 36.6 Å². The van der Waals surface area contributed by atoms with E-state index in [0.29, 0.717) is 10.6 Å². The van der Waals surface area contributed by atoms with Crippen molar-refractivity contribution in [1.29, 1.82) is 0 Å². The van der Waals surface area contributed by atoms with Crippen LogP contribution < -0.4 is 16.8 Å². The van der Waals surface area contributed by atoms with Crippen molar-refractivity contribution in [3.05, 3.63) is 18.2 Å². The molecule has 1 fully saturated rings. The Morgan fingerprint density at radius 2 is 1.94 bits per heavy atom. The lowest BCUT2D eigenvalue weighted by molar-refractivity contribution is -0.120. The van der Waals surface area contributed by atoms with Gasteiger partial charge in [-0.1, -0.05) is 0 Å². The van der Waals surface area contributed by atoms with Gasteiger partial charge >= 0.3 is 0 Å². The van der Waals surface area contributed by atoms with E-state index < -0.39 is 0 Å². The molecule has 2 rings (SSSR count). The van der Waals surface area contributed by atoms with Crippen LogP contribution in [0.5, 0.6) is 0 Å². The molecule has 0 aromatic heterocycles. The van der Waals surface area contributed by atoms with Crippen LogP contribution in [0.1, 0.15) is 25.7 Å². The van der Waals surface area contributed by atoms with Gasteiger partial charge in [-0.25, -0.2) is 0 Å². The number of benzene rings is 1. The van der Waals surface area contributed by atoms with Crippen molar-refractivity contribution in [3.63, 3.8) is 0 Å². The fourth-order valence-corrected chi connectivity index (χ4v) is 2.46. The van der Waals surface area contributed by atoms with Crippen molar-refractivity contribution >= 4 is 29.9 Å². The van der Waals surface area contributed by atoms with Crippen molar-refractivity contribution in [2.75, 3.05) is 11.1 Å². The second kappa shape index (κ2) is 5.63. The number of anilines is 2. The lowest BCUT2D eigenvalue weighted by Crippen LogP contribution is -2.32. The summed E-state index contributed by atoms with van der Waals surface area (Å²) in [5.41, 5.74) is 12.9. The molecule has 1 aromatic carbocycles. The molecule has 0 atom stereocenters. The molecule has 4 nitrogen and oxygen atoms in total. The number of nitrogen functional groups attached to an aromatic ring is 1. The van der Waals surface area contributed by atoms with Crippen LogP contribution in [0.25, 0.3) is 0 Å². The van der Waals surface area contributed by atoms with Crippen molar-refractivity contribution in [2.24, 2.45) is 11.7 Å². The highest BCUT2D eigenvalue weighted by Crippen LogP contribution is 2.26. The standard InChI is InChI=1S/C13H19N3OS/c14-9-3-1-8(2-4-9)13(17)16-10-5-6-11(15)12(18)7-10/h5-9,18H,1-4,14-15H2,(H,16,17). The molecule has 1 saturated carbocycles. The summed E-state index contributed by atoms with van der Waals surface area (Å²) in [6, 6.07) is 5.57. The molecule has 0 unspecified atom stereocenters. The summed E-state index contributed by atoms with van der Waals surface area (Å²) in [6.07, 6.45) is 3.60. The molecule has 1 aromatic rings. The van der Waals surface area contributed by atoms with Gasteiger partial charge in [0, 0.05) is 28.2 Å². The molecule has 1 amide bonds. The van der Waals surface area contributed by atoms with Gasteiger partial charge in [0.15, 0.2) is 0 Å². The second-order valence-electron chi connectivity index (χ2n) is 4.87. The van der Waals surface area contributed by atoms with Crippen LogP contribution in [-0.4, -0.2) is 11.9 Å². The van der Waals surface area contributed by atoms with E-state index in [1.54, 1.807) is 18.2 Å². The predicted octanol–water partition coefficient (Wildman–Crippen LogP) is 2.01. The van der Waals surface area contributed by atoms with Gasteiger partial charge in [-0.05, 0) is 43.9 Å². The molecular weight excluding hydrogens is 246 g/mol. The largest absolute Gasteiger partial charge is 0.398 e. The van der Waals surface area contributed by atoms with Crippen LogP contribution in [0.15, 0.2) is 23.1 Å². The van der Waals surface area contributed by atoms with Gasteiger partial charge in [-0.3, -0.25) is 4.79 Å². The topological polar surface area (TPSA) is 81.1 Å². The van der Waals surface area contributed by atoms with E-state index in [1.165, 1.54) is 0 Å². The number of nitrogens with one attached hydrogen (secondary N) is 1. The van der Waals surface area contributed by atoms with Gasteiger partial charge in [0.1, 0.15) is 0 Å². The monoisotopic (exact) mass is 265 g/mol. The van der Waals surface area contributed by atoms with E-state index in [0.717, 1.165) is 31.4 Å². The van der Waals surface area contributed by atoms with E-state index in [-0.39, 0.29) is 17.9 Å². The Morgan fingerprint density at radius 3 is 2.56 bits per heavy atom. The summed E-state index contributed by atoms with van der Waals surface area (Å²) in [5, 5.41) is 2.91. The summed E-state index contributed by atoms with van der Waals surface area (Å²) in [4.78, 5) is 12.7. The highest BCUT2D eigenvalue weighted by Gasteiger charge is 2.24. The Kier molecular flexibility index (Phi) is 4.14. The number of thiol groups is 1. The van der Waals surface area contributed by atoms with Gasteiger partial charge in [0.25, 0.3) is 0 Å². The third-order valence-corrected chi connectivity index (χ3v) is 3.83. The van der Waals surface area contributed by atoms with Gasteiger partial charge in [0.05, 0.1) is 0 Å². The predicted molar refractivity (Wildman–Crippen MR) is 76.7 cm³/mol. The lowest BCUT2D eigenvalue weighted by Gasteiger charge is -2.25. The Hall–Kier alpha value is -1.20. The van der Waals surface area contributed by atoms with Crippen LogP contribution in [0.3, 0.4) is 0 Å². The number of hydrogen-bond acceptors (Lipinski definition) is 4. The Balaban J connectivity index is 1.96. The number of hydrogen-bond donors (Lipinski definition) is 4. The zero-order valence-electron chi connectivity index (χ0n) is 10.2. The number of rotatable bonds is 2. The molecule has 0 radical (unpaired) electrons. The van der Waals surface area contributed by atoms with Crippen molar-refractivity contribution < 1.29 is 4.79 Å². The molecule has 0 spiro atoms. The van der Waals surface area contributed by atoms with Crippen LogP contribution in [0.2, 0.25) is 0 Å². The molecule has 18 heavy (non-hydrogen) atoms. The first kappa shape index (κ1) is 13.2. The van der Waals surface area contributed by atoms with Crippen LogP contribution in [0, 0.1) is 5.92 Å². The molecule has 5 N–H and O–H groups in total. The second-order valence-corrected chi connectivity index (χ2v) is 5.36. The number of amides is 1. The summed E-state index contributed by atoms with van der Waals surface area (Å²) < 4.78 is 0. The third kappa shape index (κ3) is 3.17. The van der Waals surface area contributed by atoms with E-state index in [9.17, 15) is 4.79 Å². The Morgan fingerprint density at radius 1 is 1.28 bits per heavy atom. The normalized spacial score (nSPS) is 23.7. The molecule has 0 saturated heterocycles. The quantitative estimate of drug-likeness (QED) is 0.488. The zero-order chi connectivity index (χ0) is 13.1. The first-order valence-corrected chi connectivity index (χ1v) is 6.66. The summed E-state index contributed by atoms with van der Waals surface area (Å²) in [7, 11) is 0. The molecule has 1 aliphatic rings. The maximum Gasteiger partial charge on any atom is 0.227 e. The summed E-state index contributed by atoms with van der Waals surface area (Å²) in [5.74, 6) is 0.144. The molecule has 0 heterocycles. The minimum atomic E-state index is 0.0689. The average molecular weight is 265 g/mol. The molecule has 0 aliphatic heterocycles. The molecular formula is C13H19N3OS. The van der Waals surface area contributed by atoms with Crippen molar-refractivity contribution in [1.82, 2.24) is 0 Å². The van der Waals surface area contributed by atoms with Gasteiger partial charge < -0.3 is 16.8 Å². The average Bonchev–Trinajstić information content (AvgIpc) is 2.34. The molecule has 0 bridgehead atoms. The fraction of sp³-hybridized carbons (Fsp3) is 0.462. The summed E-state index contributed by atoms with van der Waals surface area (Å²) >= 11 is 4.24. The number of carbonyl (C=O) groups is 1.